The number of hydrogen-bond donors (Lipinski definition) is 1. The fourth-order valence-electron chi connectivity index (χ4n) is 1.19. The van der Waals surface area contributed by atoms with Crippen molar-refractivity contribution in [1.29, 1.82) is 0 Å². The van der Waals surface area contributed by atoms with Crippen molar-refractivity contribution in [2.75, 3.05) is 11.9 Å². The van der Waals surface area contributed by atoms with E-state index in [-0.39, 0.29) is 18.4 Å². The summed E-state index contributed by atoms with van der Waals surface area (Å²) in [5.41, 5.74) is -0.549. The first-order valence-corrected chi connectivity index (χ1v) is 5.25. The Morgan fingerprint density at radius 2 is 2.22 bits per heavy atom. The van der Waals surface area contributed by atoms with Gasteiger partial charge in [0.15, 0.2) is 0 Å². The van der Waals surface area contributed by atoms with Gasteiger partial charge in [-0.25, -0.2) is 4.39 Å². The van der Waals surface area contributed by atoms with Gasteiger partial charge >= 0.3 is 0 Å². The zero-order valence-electron chi connectivity index (χ0n) is 9.97. The molecule has 0 atom stereocenters. The quantitative estimate of drug-likeness (QED) is 0.646. The number of amides is 1. The fraction of sp³-hybridized carbons (Fsp3) is 0.364. The second-order valence-electron chi connectivity index (χ2n) is 3.83. The summed E-state index contributed by atoms with van der Waals surface area (Å²) in [4.78, 5) is 21.3. The normalized spacial score (nSPS) is 10.4. The number of benzene rings is 1. The molecule has 18 heavy (non-hydrogen) atoms. The summed E-state index contributed by atoms with van der Waals surface area (Å²) in [6, 6.07) is 2.92. The Bertz CT molecular complexity index is 462. The molecule has 0 fully saturated rings. The number of ether oxygens (including phenoxy) is 1. The van der Waals surface area contributed by atoms with E-state index >= 15 is 0 Å². The van der Waals surface area contributed by atoms with Gasteiger partial charge in [-0.1, -0.05) is 0 Å². The molecule has 1 amide bonds. The summed E-state index contributed by atoms with van der Waals surface area (Å²) >= 11 is 0. The Morgan fingerprint density at radius 3 is 2.78 bits per heavy atom. The van der Waals surface area contributed by atoms with Crippen molar-refractivity contribution in [3.63, 3.8) is 0 Å². The van der Waals surface area contributed by atoms with E-state index in [2.05, 4.69) is 5.32 Å². The minimum absolute atomic E-state index is 0.0567. The number of nitro benzene ring substituents is 1. The van der Waals surface area contributed by atoms with Crippen LogP contribution in [0.3, 0.4) is 0 Å². The molecule has 1 rings (SSSR count). The van der Waals surface area contributed by atoms with E-state index in [1.807, 2.05) is 0 Å². The molecule has 1 N–H and O–H groups in total. The van der Waals surface area contributed by atoms with Gasteiger partial charge in [-0.15, -0.1) is 0 Å². The highest BCUT2D eigenvalue weighted by atomic mass is 19.1. The summed E-state index contributed by atoms with van der Waals surface area (Å²) in [7, 11) is 0. The molecule has 0 aliphatic heterocycles. The standard InChI is InChI=1S/C11H13FN2O4/c1-7(2)18-6-11(15)13-9-4-3-8(12)5-10(9)14(16)17/h3-5,7H,6H2,1-2H3,(H,13,15). The third-order valence-electron chi connectivity index (χ3n) is 1.98. The minimum atomic E-state index is -0.762. The number of rotatable bonds is 5. The topological polar surface area (TPSA) is 81.5 Å². The van der Waals surface area contributed by atoms with E-state index in [0.29, 0.717) is 0 Å². The largest absolute Gasteiger partial charge is 0.369 e. The Kier molecular flexibility index (Phi) is 4.73. The molecule has 0 aromatic heterocycles. The molecule has 6 nitrogen and oxygen atoms in total. The third kappa shape index (κ3) is 4.10. The maximum atomic E-state index is 12.9. The van der Waals surface area contributed by atoms with Gasteiger partial charge in [0.1, 0.15) is 18.1 Å². The predicted molar refractivity (Wildman–Crippen MR) is 62.8 cm³/mol. The highest BCUT2D eigenvalue weighted by molar-refractivity contribution is 5.93. The number of carbonyl (C=O) groups is 1. The number of carbonyl (C=O) groups excluding carboxylic acids is 1. The van der Waals surface area contributed by atoms with E-state index < -0.39 is 22.3 Å². The van der Waals surface area contributed by atoms with Crippen LogP contribution in [-0.2, 0) is 9.53 Å². The van der Waals surface area contributed by atoms with Crippen molar-refractivity contribution in [3.05, 3.63) is 34.1 Å². The molecule has 0 heterocycles. The van der Waals surface area contributed by atoms with Crippen LogP contribution in [-0.4, -0.2) is 23.5 Å². The average Bonchev–Trinajstić information content (AvgIpc) is 2.28. The van der Waals surface area contributed by atoms with Crippen molar-refractivity contribution in [2.24, 2.45) is 0 Å². The number of anilines is 1. The van der Waals surface area contributed by atoms with Crippen LogP contribution in [0.1, 0.15) is 13.8 Å². The summed E-state index contributed by atoms with van der Waals surface area (Å²) in [6.45, 7) is 3.30. The number of nitrogens with one attached hydrogen (secondary N) is 1. The summed E-state index contributed by atoms with van der Waals surface area (Å²) in [6.07, 6.45) is -0.126. The molecule has 1 aromatic rings. The van der Waals surface area contributed by atoms with Crippen molar-refractivity contribution >= 4 is 17.3 Å². The number of hydrogen-bond acceptors (Lipinski definition) is 4. The second kappa shape index (κ2) is 6.06. The van der Waals surface area contributed by atoms with Crippen LogP contribution in [0.4, 0.5) is 15.8 Å². The maximum absolute atomic E-state index is 12.9. The maximum Gasteiger partial charge on any atom is 0.295 e. The van der Waals surface area contributed by atoms with Crippen molar-refractivity contribution in [1.82, 2.24) is 0 Å². The molecule has 0 radical (unpaired) electrons. The highest BCUT2D eigenvalue weighted by Crippen LogP contribution is 2.24. The molecule has 0 aliphatic rings. The van der Waals surface area contributed by atoms with E-state index in [4.69, 9.17) is 4.74 Å². The van der Waals surface area contributed by atoms with Crippen LogP contribution >= 0.6 is 0 Å². The summed E-state index contributed by atoms with van der Waals surface area (Å²) < 4.78 is 17.9. The van der Waals surface area contributed by atoms with Crippen LogP contribution in [0.15, 0.2) is 18.2 Å². The van der Waals surface area contributed by atoms with E-state index in [1.165, 1.54) is 0 Å². The molecule has 0 saturated heterocycles. The number of halogens is 1. The van der Waals surface area contributed by atoms with E-state index in [9.17, 15) is 19.3 Å². The zero-order chi connectivity index (χ0) is 13.7. The van der Waals surface area contributed by atoms with Crippen LogP contribution in [0.5, 0.6) is 0 Å². The number of nitro groups is 1. The summed E-state index contributed by atoms with van der Waals surface area (Å²) in [5.74, 6) is -1.27. The average molecular weight is 256 g/mol. The van der Waals surface area contributed by atoms with Crippen LogP contribution in [0.25, 0.3) is 0 Å². The lowest BCUT2D eigenvalue weighted by Gasteiger charge is -2.08. The van der Waals surface area contributed by atoms with Gasteiger partial charge in [-0.05, 0) is 26.0 Å². The van der Waals surface area contributed by atoms with Crippen LogP contribution in [0, 0.1) is 15.9 Å². The lowest BCUT2D eigenvalue weighted by molar-refractivity contribution is -0.384. The van der Waals surface area contributed by atoms with Gasteiger partial charge in [0.25, 0.3) is 11.6 Å². The Labute approximate surface area is 103 Å². The lowest BCUT2D eigenvalue weighted by Crippen LogP contribution is -2.21. The zero-order valence-corrected chi connectivity index (χ0v) is 9.97. The molecule has 0 bridgehead atoms. The Hall–Kier alpha value is -2.02. The number of nitrogens with zero attached hydrogens (tertiary/aromatic N) is 1. The van der Waals surface area contributed by atoms with E-state index in [0.717, 1.165) is 18.2 Å². The van der Waals surface area contributed by atoms with Crippen LogP contribution in [0.2, 0.25) is 0 Å². The van der Waals surface area contributed by atoms with Gasteiger partial charge in [-0.2, -0.15) is 0 Å². The first kappa shape index (κ1) is 14.0. The summed E-state index contributed by atoms with van der Waals surface area (Å²) in [5, 5.41) is 13.0. The monoisotopic (exact) mass is 256 g/mol. The van der Waals surface area contributed by atoms with Crippen LogP contribution < -0.4 is 5.32 Å². The van der Waals surface area contributed by atoms with Crippen molar-refractivity contribution in [2.45, 2.75) is 20.0 Å². The first-order valence-electron chi connectivity index (χ1n) is 5.25. The lowest BCUT2D eigenvalue weighted by atomic mass is 10.2. The van der Waals surface area contributed by atoms with Gasteiger partial charge in [0, 0.05) is 0 Å². The predicted octanol–water partition coefficient (Wildman–Crippen LogP) is 2.10. The Balaban J connectivity index is 2.78. The minimum Gasteiger partial charge on any atom is -0.369 e. The van der Waals surface area contributed by atoms with Gasteiger partial charge in [0.05, 0.1) is 17.1 Å². The molecular weight excluding hydrogens is 243 g/mol. The molecule has 0 aliphatic carbocycles. The first-order chi connectivity index (χ1) is 8.40. The molecule has 7 heteroatoms. The van der Waals surface area contributed by atoms with Crippen molar-refractivity contribution < 1.29 is 18.8 Å². The molecule has 0 saturated carbocycles. The molecule has 1 aromatic carbocycles. The molecule has 0 unspecified atom stereocenters. The highest BCUT2D eigenvalue weighted by Gasteiger charge is 2.17. The van der Waals surface area contributed by atoms with Gasteiger partial charge in [-0.3, -0.25) is 14.9 Å². The van der Waals surface area contributed by atoms with E-state index in [1.54, 1.807) is 13.8 Å². The third-order valence-corrected chi connectivity index (χ3v) is 1.98. The molecule has 98 valence electrons. The molecule has 0 spiro atoms. The smallest absolute Gasteiger partial charge is 0.295 e. The molecular formula is C11H13FN2O4. The fourth-order valence-corrected chi connectivity index (χ4v) is 1.19. The van der Waals surface area contributed by atoms with Gasteiger partial charge in [0.2, 0.25) is 0 Å². The van der Waals surface area contributed by atoms with Gasteiger partial charge < -0.3 is 10.1 Å². The SMILES string of the molecule is CC(C)OCC(=O)Nc1ccc(F)cc1[N+](=O)[O-]. The second-order valence-corrected chi connectivity index (χ2v) is 3.83. The van der Waals surface area contributed by atoms with Crippen molar-refractivity contribution in [3.8, 4) is 0 Å². The Morgan fingerprint density at radius 1 is 1.56 bits per heavy atom.